The highest BCUT2D eigenvalue weighted by molar-refractivity contribution is 5.93. The molecule has 0 atom stereocenters. The molecule has 0 saturated heterocycles. The second kappa shape index (κ2) is 5.84. The van der Waals surface area contributed by atoms with Crippen LogP contribution in [0.4, 0.5) is 0 Å². The van der Waals surface area contributed by atoms with Gasteiger partial charge in [-0.2, -0.15) is 0 Å². The number of benzene rings is 2. The summed E-state index contributed by atoms with van der Waals surface area (Å²) in [4.78, 5) is 11.4. The zero-order valence-electron chi connectivity index (χ0n) is 9.80. The van der Waals surface area contributed by atoms with Gasteiger partial charge in [0.1, 0.15) is 12.4 Å². The van der Waals surface area contributed by atoms with E-state index in [1.165, 1.54) is 0 Å². The molecule has 0 aliphatic rings. The number of rotatable bonds is 4. The molecule has 0 aliphatic carbocycles. The van der Waals surface area contributed by atoms with Crippen LogP contribution in [0.1, 0.15) is 15.9 Å². The summed E-state index contributed by atoms with van der Waals surface area (Å²) in [6.45, 7) is 0.412. The molecule has 0 saturated carbocycles. The molecule has 4 heteroatoms. The third kappa shape index (κ3) is 3.09. The van der Waals surface area contributed by atoms with Crippen LogP contribution in [0.3, 0.4) is 0 Å². The normalized spacial score (nSPS) is 9.83. The van der Waals surface area contributed by atoms with Gasteiger partial charge in [-0.15, -0.1) is 0 Å². The average molecular weight is 242 g/mol. The van der Waals surface area contributed by atoms with Crippen molar-refractivity contribution in [3.8, 4) is 5.75 Å². The van der Waals surface area contributed by atoms with Gasteiger partial charge in [0, 0.05) is 5.56 Å². The molecule has 0 bridgehead atoms. The second-order valence-corrected chi connectivity index (χ2v) is 3.78. The van der Waals surface area contributed by atoms with Crippen LogP contribution in [0.15, 0.2) is 54.6 Å². The number of ether oxygens (including phenoxy) is 1. The number of amides is 1. The number of nitrogen functional groups attached to an aromatic ring is 1. The Kier molecular flexibility index (Phi) is 3.94. The van der Waals surface area contributed by atoms with Gasteiger partial charge in [0.15, 0.2) is 0 Å². The minimum absolute atomic E-state index is 0.309. The monoisotopic (exact) mass is 242 g/mol. The first kappa shape index (κ1) is 12.1. The van der Waals surface area contributed by atoms with Crippen molar-refractivity contribution in [1.29, 1.82) is 0 Å². The number of hydrogen-bond acceptors (Lipinski definition) is 3. The summed E-state index contributed by atoms with van der Waals surface area (Å²) >= 11 is 0. The summed E-state index contributed by atoms with van der Waals surface area (Å²) in [5.74, 6) is 5.58. The SMILES string of the molecule is NNC(=O)c1cccc(COc2ccccc2)c1. The molecule has 2 aromatic rings. The van der Waals surface area contributed by atoms with E-state index in [2.05, 4.69) is 5.43 Å². The van der Waals surface area contributed by atoms with Gasteiger partial charge < -0.3 is 4.74 Å². The average Bonchev–Trinajstić information content (AvgIpc) is 2.45. The van der Waals surface area contributed by atoms with Gasteiger partial charge in [-0.3, -0.25) is 10.2 Å². The molecule has 0 aliphatic heterocycles. The summed E-state index contributed by atoms with van der Waals surface area (Å²) in [6, 6.07) is 16.7. The van der Waals surface area contributed by atoms with E-state index in [0.29, 0.717) is 12.2 Å². The van der Waals surface area contributed by atoms with E-state index in [-0.39, 0.29) is 5.91 Å². The van der Waals surface area contributed by atoms with Crippen LogP contribution in [0.2, 0.25) is 0 Å². The summed E-state index contributed by atoms with van der Waals surface area (Å²) in [7, 11) is 0. The standard InChI is InChI=1S/C14H14N2O2/c15-16-14(17)12-6-4-5-11(9-12)10-18-13-7-2-1-3-8-13/h1-9H,10,15H2,(H,16,17). The fraction of sp³-hybridized carbons (Fsp3) is 0.0714. The predicted octanol–water partition coefficient (Wildman–Crippen LogP) is 1.87. The van der Waals surface area contributed by atoms with E-state index in [1.54, 1.807) is 18.2 Å². The molecule has 4 nitrogen and oxygen atoms in total. The van der Waals surface area contributed by atoms with Crippen molar-refractivity contribution in [3.05, 3.63) is 65.7 Å². The maximum Gasteiger partial charge on any atom is 0.265 e. The molecule has 0 aromatic heterocycles. The topological polar surface area (TPSA) is 64.3 Å². The number of carbonyl (C=O) groups excluding carboxylic acids is 1. The first-order valence-electron chi connectivity index (χ1n) is 5.57. The van der Waals surface area contributed by atoms with Gasteiger partial charge in [-0.1, -0.05) is 30.3 Å². The molecule has 92 valence electrons. The van der Waals surface area contributed by atoms with Crippen LogP contribution in [-0.2, 0) is 6.61 Å². The molecular weight excluding hydrogens is 228 g/mol. The van der Waals surface area contributed by atoms with Crippen LogP contribution in [0, 0.1) is 0 Å². The van der Waals surface area contributed by atoms with Gasteiger partial charge in [-0.25, -0.2) is 5.84 Å². The quantitative estimate of drug-likeness (QED) is 0.488. The fourth-order valence-electron chi connectivity index (χ4n) is 1.57. The molecule has 0 spiro atoms. The first-order chi connectivity index (χ1) is 8.79. The lowest BCUT2D eigenvalue weighted by atomic mass is 10.1. The minimum atomic E-state index is -0.309. The maximum absolute atomic E-state index is 11.4. The van der Waals surface area contributed by atoms with Gasteiger partial charge in [-0.05, 0) is 29.8 Å². The Morgan fingerprint density at radius 3 is 2.61 bits per heavy atom. The molecule has 2 rings (SSSR count). The number of nitrogens with two attached hydrogens (primary N) is 1. The van der Waals surface area contributed by atoms with Crippen molar-refractivity contribution in [3.63, 3.8) is 0 Å². The van der Waals surface area contributed by atoms with Gasteiger partial charge >= 0.3 is 0 Å². The van der Waals surface area contributed by atoms with Crippen LogP contribution >= 0.6 is 0 Å². The molecule has 18 heavy (non-hydrogen) atoms. The van der Waals surface area contributed by atoms with Crippen molar-refractivity contribution in [2.75, 3.05) is 0 Å². The summed E-state index contributed by atoms with van der Waals surface area (Å²) in [5, 5.41) is 0. The maximum atomic E-state index is 11.4. The molecule has 0 unspecified atom stereocenters. The van der Waals surface area contributed by atoms with E-state index in [9.17, 15) is 4.79 Å². The number of carbonyl (C=O) groups is 1. The zero-order valence-corrected chi connectivity index (χ0v) is 9.80. The molecule has 3 N–H and O–H groups in total. The zero-order chi connectivity index (χ0) is 12.8. The Balaban J connectivity index is 2.04. The number of hydrogen-bond donors (Lipinski definition) is 2. The van der Waals surface area contributed by atoms with Crippen molar-refractivity contribution in [1.82, 2.24) is 5.43 Å². The molecule has 0 fully saturated rings. The van der Waals surface area contributed by atoms with Crippen LogP contribution in [0.5, 0.6) is 5.75 Å². The van der Waals surface area contributed by atoms with E-state index in [4.69, 9.17) is 10.6 Å². The largest absolute Gasteiger partial charge is 0.489 e. The Morgan fingerprint density at radius 1 is 1.11 bits per heavy atom. The third-order valence-electron chi connectivity index (χ3n) is 2.47. The van der Waals surface area contributed by atoms with Crippen molar-refractivity contribution >= 4 is 5.91 Å². The molecule has 0 heterocycles. The number of para-hydroxylation sites is 1. The number of nitrogens with one attached hydrogen (secondary N) is 1. The van der Waals surface area contributed by atoms with Crippen molar-refractivity contribution < 1.29 is 9.53 Å². The third-order valence-corrected chi connectivity index (χ3v) is 2.47. The van der Waals surface area contributed by atoms with E-state index < -0.39 is 0 Å². The summed E-state index contributed by atoms with van der Waals surface area (Å²) < 4.78 is 5.60. The van der Waals surface area contributed by atoms with Crippen LogP contribution in [-0.4, -0.2) is 5.91 Å². The van der Waals surface area contributed by atoms with Crippen LogP contribution < -0.4 is 16.0 Å². The molecular formula is C14H14N2O2. The Bertz CT molecular complexity index is 526. The van der Waals surface area contributed by atoms with Gasteiger partial charge in [0.05, 0.1) is 0 Å². The predicted molar refractivity (Wildman–Crippen MR) is 68.9 cm³/mol. The van der Waals surface area contributed by atoms with Crippen molar-refractivity contribution in [2.45, 2.75) is 6.61 Å². The highest BCUT2D eigenvalue weighted by Gasteiger charge is 2.04. The lowest BCUT2D eigenvalue weighted by Gasteiger charge is -2.07. The van der Waals surface area contributed by atoms with E-state index in [0.717, 1.165) is 11.3 Å². The first-order valence-corrected chi connectivity index (χ1v) is 5.57. The minimum Gasteiger partial charge on any atom is -0.489 e. The molecule has 0 radical (unpaired) electrons. The van der Waals surface area contributed by atoms with E-state index in [1.807, 2.05) is 36.4 Å². The van der Waals surface area contributed by atoms with Crippen molar-refractivity contribution in [2.24, 2.45) is 5.84 Å². The Morgan fingerprint density at radius 2 is 1.89 bits per heavy atom. The highest BCUT2D eigenvalue weighted by atomic mass is 16.5. The molecule has 1 amide bonds. The summed E-state index contributed by atoms with van der Waals surface area (Å²) in [6.07, 6.45) is 0. The second-order valence-electron chi connectivity index (χ2n) is 3.78. The lowest BCUT2D eigenvalue weighted by molar-refractivity contribution is 0.0953. The number of hydrazine groups is 1. The Hall–Kier alpha value is -2.33. The lowest BCUT2D eigenvalue weighted by Crippen LogP contribution is -2.30. The smallest absolute Gasteiger partial charge is 0.265 e. The van der Waals surface area contributed by atoms with Crippen LogP contribution in [0.25, 0.3) is 0 Å². The van der Waals surface area contributed by atoms with Gasteiger partial charge in [0.25, 0.3) is 5.91 Å². The summed E-state index contributed by atoms with van der Waals surface area (Å²) in [5.41, 5.74) is 3.54. The van der Waals surface area contributed by atoms with E-state index >= 15 is 0 Å². The molecule has 2 aromatic carbocycles. The Labute approximate surface area is 105 Å². The highest BCUT2D eigenvalue weighted by Crippen LogP contribution is 2.12. The van der Waals surface area contributed by atoms with Gasteiger partial charge in [0.2, 0.25) is 0 Å². The fourth-order valence-corrected chi connectivity index (χ4v) is 1.57.